The average Bonchev–Trinajstić information content (AvgIpc) is 3.21. The zero-order chi connectivity index (χ0) is 17.8. The van der Waals surface area contributed by atoms with E-state index >= 15 is 0 Å². The van der Waals surface area contributed by atoms with Gasteiger partial charge in [-0.25, -0.2) is 9.48 Å². The molecule has 0 radical (unpaired) electrons. The van der Waals surface area contributed by atoms with E-state index in [-0.39, 0.29) is 31.1 Å². The molecule has 2 N–H and O–H groups in total. The molecule has 25 heavy (non-hydrogen) atoms. The molecule has 0 atom stereocenters. The highest BCUT2D eigenvalue weighted by atomic mass is 16.7. The molecule has 0 saturated carbocycles. The summed E-state index contributed by atoms with van der Waals surface area (Å²) in [4.78, 5) is 24.9. The first-order valence-corrected chi connectivity index (χ1v) is 7.55. The predicted octanol–water partition coefficient (Wildman–Crippen LogP) is 0.417. The Hall–Kier alpha value is -3.30. The summed E-state index contributed by atoms with van der Waals surface area (Å²) in [6, 6.07) is 5.17. The highest BCUT2D eigenvalue weighted by Crippen LogP contribution is 2.32. The fourth-order valence-electron chi connectivity index (χ4n) is 2.11. The lowest BCUT2D eigenvalue weighted by molar-refractivity contribution is -0.122. The van der Waals surface area contributed by atoms with Crippen molar-refractivity contribution < 1.29 is 19.1 Å². The van der Waals surface area contributed by atoms with E-state index in [1.807, 2.05) is 12.1 Å². The number of aromatic nitrogens is 3. The van der Waals surface area contributed by atoms with E-state index in [0.717, 1.165) is 5.56 Å². The van der Waals surface area contributed by atoms with Crippen molar-refractivity contribution in [2.75, 3.05) is 26.2 Å². The summed E-state index contributed by atoms with van der Waals surface area (Å²) in [7, 11) is 3.23. The molecule has 0 unspecified atom stereocenters. The van der Waals surface area contributed by atoms with Crippen LogP contribution >= 0.6 is 0 Å². The molecule has 0 fully saturated rings. The quantitative estimate of drug-likeness (QED) is 0.812. The van der Waals surface area contributed by atoms with E-state index in [2.05, 4.69) is 20.9 Å². The number of benzene rings is 1. The van der Waals surface area contributed by atoms with Gasteiger partial charge in [0.1, 0.15) is 6.54 Å². The zero-order valence-corrected chi connectivity index (χ0v) is 13.9. The number of amides is 3. The first-order chi connectivity index (χ1) is 12.0. The number of urea groups is 1. The lowest BCUT2D eigenvalue weighted by atomic mass is 10.2. The highest BCUT2D eigenvalue weighted by Gasteiger charge is 2.14. The topological polar surface area (TPSA) is 111 Å². The average molecular weight is 346 g/mol. The van der Waals surface area contributed by atoms with Crippen LogP contribution < -0.4 is 20.1 Å². The van der Waals surface area contributed by atoms with Crippen molar-refractivity contribution in [3.8, 4) is 11.5 Å². The van der Waals surface area contributed by atoms with Crippen molar-refractivity contribution >= 4 is 17.8 Å². The maximum Gasteiger partial charge on any atom is 0.322 e. The summed E-state index contributed by atoms with van der Waals surface area (Å²) in [5.74, 6) is 1.42. The molecule has 2 aromatic rings. The van der Waals surface area contributed by atoms with Crippen LogP contribution in [-0.2, 0) is 17.9 Å². The molecule has 0 saturated heterocycles. The van der Waals surface area contributed by atoms with Gasteiger partial charge in [-0.3, -0.25) is 10.1 Å². The van der Waals surface area contributed by atoms with Crippen molar-refractivity contribution in [2.45, 2.75) is 13.1 Å². The summed E-state index contributed by atoms with van der Waals surface area (Å²) in [5, 5.41) is 12.9. The number of fused-ring (bicyclic) bond motifs is 1. The maximum atomic E-state index is 12.0. The third-order valence-electron chi connectivity index (χ3n) is 3.41. The van der Waals surface area contributed by atoms with Crippen LogP contribution in [0.5, 0.6) is 11.5 Å². The first-order valence-electron chi connectivity index (χ1n) is 7.55. The van der Waals surface area contributed by atoms with Crippen LogP contribution in [0.25, 0.3) is 0 Å². The molecule has 1 aromatic heterocycles. The minimum Gasteiger partial charge on any atom is -0.454 e. The molecule has 0 bridgehead atoms. The predicted molar refractivity (Wildman–Crippen MR) is 87.1 cm³/mol. The van der Waals surface area contributed by atoms with E-state index in [0.29, 0.717) is 18.0 Å². The number of ether oxygens (including phenoxy) is 2. The SMILES string of the molecule is CN(C)C(=O)Nc1cn(CC(=O)NCc2ccc3c(c2)OCO3)nn1. The minimum atomic E-state index is -0.320. The fraction of sp³-hybridized carbons (Fsp3) is 0.333. The van der Waals surface area contributed by atoms with Crippen LogP contribution in [0, 0.1) is 0 Å². The number of anilines is 1. The van der Waals surface area contributed by atoms with Gasteiger partial charge < -0.3 is 19.7 Å². The molecule has 3 rings (SSSR count). The van der Waals surface area contributed by atoms with Crippen molar-refractivity contribution in [3.63, 3.8) is 0 Å². The van der Waals surface area contributed by atoms with Crippen molar-refractivity contribution in [2.24, 2.45) is 0 Å². The van der Waals surface area contributed by atoms with Gasteiger partial charge in [-0.15, -0.1) is 5.10 Å². The summed E-state index contributed by atoms with van der Waals surface area (Å²) in [6.45, 7) is 0.563. The number of nitrogens with one attached hydrogen (secondary N) is 2. The van der Waals surface area contributed by atoms with Crippen molar-refractivity contribution in [1.29, 1.82) is 0 Å². The molecule has 1 aliphatic heterocycles. The molecule has 1 aromatic carbocycles. The van der Waals surface area contributed by atoms with Gasteiger partial charge in [-0.05, 0) is 17.7 Å². The Morgan fingerprint density at radius 1 is 1.28 bits per heavy atom. The van der Waals surface area contributed by atoms with E-state index < -0.39 is 0 Å². The number of carbonyl (C=O) groups is 2. The summed E-state index contributed by atoms with van der Waals surface area (Å²) < 4.78 is 11.9. The Bertz CT molecular complexity index is 788. The molecule has 10 heteroatoms. The molecule has 3 amide bonds. The summed E-state index contributed by atoms with van der Waals surface area (Å²) in [5.41, 5.74) is 0.898. The van der Waals surface area contributed by atoms with E-state index in [1.165, 1.54) is 15.8 Å². The van der Waals surface area contributed by atoms with E-state index in [4.69, 9.17) is 9.47 Å². The standard InChI is InChI=1S/C15H18N6O4/c1-20(2)15(23)17-13-7-21(19-18-13)8-14(22)16-6-10-3-4-11-12(5-10)25-9-24-11/h3-5,7H,6,8-9H2,1-2H3,(H,16,22)(H,17,23). The van der Waals surface area contributed by atoms with Crippen LogP contribution in [0.15, 0.2) is 24.4 Å². The van der Waals surface area contributed by atoms with Gasteiger partial charge in [0.2, 0.25) is 12.7 Å². The van der Waals surface area contributed by atoms with Gasteiger partial charge in [0.05, 0.1) is 6.20 Å². The second-order valence-corrected chi connectivity index (χ2v) is 5.59. The third-order valence-corrected chi connectivity index (χ3v) is 3.41. The minimum absolute atomic E-state index is 0.00458. The molecule has 10 nitrogen and oxygen atoms in total. The number of hydrogen-bond donors (Lipinski definition) is 2. The second kappa shape index (κ2) is 7.07. The second-order valence-electron chi connectivity index (χ2n) is 5.59. The Kier molecular flexibility index (Phi) is 4.68. The maximum absolute atomic E-state index is 12.0. The van der Waals surface area contributed by atoms with Gasteiger partial charge in [0.15, 0.2) is 17.3 Å². The fourth-order valence-corrected chi connectivity index (χ4v) is 2.11. The van der Waals surface area contributed by atoms with Crippen LogP contribution in [0.2, 0.25) is 0 Å². The Morgan fingerprint density at radius 3 is 2.88 bits per heavy atom. The Labute approximate surface area is 143 Å². The van der Waals surface area contributed by atoms with Crippen LogP contribution in [-0.4, -0.2) is 52.7 Å². The smallest absolute Gasteiger partial charge is 0.322 e. The zero-order valence-electron chi connectivity index (χ0n) is 13.9. The lowest BCUT2D eigenvalue weighted by Crippen LogP contribution is -2.27. The molecular formula is C15H18N6O4. The van der Waals surface area contributed by atoms with Crippen LogP contribution in [0.1, 0.15) is 5.56 Å². The van der Waals surface area contributed by atoms with Gasteiger partial charge in [0.25, 0.3) is 0 Å². The normalized spacial score (nSPS) is 11.9. The third kappa shape index (κ3) is 4.16. The van der Waals surface area contributed by atoms with Gasteiger partial charge >= 0.3 is 6.03 Å². The monoisotopic (exact) mass is 346 g/mol. The molecule has 0 aliphatic carbocycles. The van der Waals surface area contributed by atoms with Crippen LogP contribution in [0.4, 0.5) is 10.6 Å². The van der Waals surface area contributed by atoms with Gasteiger partial charge in [0, 0.05) is 20.6 Å². The number of hydrogen-bond acceptors (Lipinski definition) is 6. The summed E-state index contributed by atoms with van der Waals surface area (Å²) >= 11 is 0. The number of rotatable bonds is 5. The summed E-state index contributed by atoms with van der Waals surface area (Å²) in [6.07, 6.45) is 1.49. The van der Waals surface area contributed by atoms with Crippen molar-refractivity contribution in [1.82, 2.24) is 25.2 Å². The lowest BCUT2D eigenvalue weighted by Gasteiger charge is -2.09. The largest absolute Gasteiger partial charge is 0.454 e. The molecule has 132 valence electrons. The Balaban J connectivity index is 1.49. The molecule has 1 aliphatic rings. The molecule has 2 heterocycles. The van der Waals surface area contributed by atoms with Crippen LogP contribution in [0.3, 0.4) is 0 Å². The van der Waals surface area contributed by atoms with E-state index in [9.17, 15) is 9.59 Å². The molecular weight excluding hydrogens is 328 g/mol. The first kappa shape index (κ1) is 16.6. The Morgan fingerprint density at radius 2 is 2.08 bits per heavy atom. The van der Waals surface area contributed by atoms with Crippen molar-refractivity contribution in [3.05, 3.63) is 30.0 Å². The number of nitrogens with zero attached hydrogens (tertiary/aromatic N) is 4. The van der Waals surface area contributed by atoms with Gasteiger partial charge in [-0.2, -0.15) is 0 Å². The molecule has 0 spiro atoms. The highest BCUT2D eigenvalue weighted by molar-refractivity contribution is 5.87. The van der Waals surface area contributed by atoms with E-state index in [1.54, 1.807) is 20.2 Å². The van der Waals surface area contributed by atoms with Gasteiger partial charge in [-0.1, -0.05) is 11.3 Å². The number of carbonyl (C=O) groups excluding carboxylic acids is 2.